The van der Waals surface area contributed by atoms with Crippen LogP contribution in [-0.2, 0) is 4.79 Å². The zero-order valence-corrected chi connectivity index (χ0v) is 10.1. The van der Waals surface area contributed by atoms with Crippen LogP contribution in [0.4, 0.5) is 0 Å². The van der Waals surface area contributed by atoms with Crippen molar-refractivity contribution in [2.45, 2.75) is 32.6 Å². The predicted octanol–water partition coefficient (Wildman–Crippen LogP) is 2.04. The van der Waals surface area contributed by atoms with Gasteiger partial charge in [0.05, 0.1) is 5.92 Å². The average molecular weight is 233 g/mol. The average Bonchev–Trinajstić information content (AvgIpc) is 2.70. The number of fused-ring (bicyclic) bond motifs is 1. The molecular weight excluding hydrogens is 218 g/mol. The van der Waals surface area contributed by atoms with Gasteiger partial charge >= 0.3 is 5.97 Å². The third-order valence-electron chi connectivity index (χ3n) is 2.85. The van der Waals surface area contributed by atoms with Crippen LogP contribution in [0.5, 0.6) is 0 Å². The summed E-state index contributed by atoms with van der Waals surface area (Å²) in [7, 11) is 0. The van der Waals surface area contributed by atoms with Gasteiger partial charge in [-0.25, -0.2) is 0 Å². The number of carbonyl (C=O) groups is 1. The van der Waals surface area contributed by atoms with E-state index in [1.165, 1.54) is 0 Å². The Hall–Kier alpha value is -1.91. The summed E-state index contributed by atoms with van der Waals surface area (Å²) in [6, 6.07) is 3.58. The highest BCUT2D eigenvalue weighted by Crippen LogP contribution is 2.19. The van der Waals surface area contributed by atoms with Crippen LogP contribution >= 0.6 is 0 Å². The minimum Gasteiger partial charge on any atom is -0.481 e. The van der Waals surface area contributed by atoms with E-state index >= 15 is 0 Å². The summed E-state index contributed by atoms with van der Waals surface area (Å²) in [5, 5.41) is 17.1. The monoisotopic (exact) mass is 233 g/mol. The standard InChI is InChI=1S/C12H15N3O2/c1-7(2)11-14-13-10-6-9(4-5-15(10)11)8(3)12(16)17/h4-8H,1-3H3,(H,16,17). The van der Waals surface area contributed by atoms with Gasteiger partial charge in [-0.15, -0.1) is 10.2 Å². The highest BCUT2D eigenvalue weighted by molar-refractivity contribution is 5.75. The van der Waals surface area contributed by atoms with Crippen molar-refractivity contribution >= 4 is 11.6 Å². The first-order valence-electron chi connectivity index (χ1n) is 5.58. The number of aromatic nitrogens is 3. The van der Waals surface area contributed by atoms with E-state index in [1.54, 1.807) is 19.1 Å². The van der Waals surface area contributed by atoms with Crippen molar-refractivity contribution in [3.8, 4) is 0 Å². The molecule has 1 N–H and O–H groups in total. The molecule has 0 saturated carbocycles. The molecule has 0 aliphatic rings. The zero-order chi connectivity index (χ0) is 12.6. The van der Waals surface area contributed by atoms with Crippen LogP contribution in [0.1, 0.15) is 44.0 Å². The number of carboxylic acids is 1. The van der Waals surface area contributed by atoms with Gasteiger partial charge in [-0.1, -0.05) is 13.8 Å². The van der Waals surface area contributed by atoms with Gasteiger partial charge in [-0.2, -0.15) is 0 Å². The number of aliphatic carboxylic acids is 1. The Morgan fingerprint density at radius 1 is 1.35 bits per heavy atom. The molecule has 17 heavy (non-hydrogen) atoms. The van der Waals surface area contributed by atoms with Gasteiger partial charge in [0.15, 0.2) is 5.65 Å². The van der Waals surface area contributed by atoms with Gasteiger partial charge in [-0.3, -0.25) is 9.20 Å². The maximum Gasteiger partial charge on any atom is 0.310 e. The summed E-state index contributed by atoms with van der Waals surface area (Å²) in [5.74, 6) is -0.195. The van der Waals surface area contributed by atoms with E-state index in [-0.39, 0.29) is 5.92 Å². The van der Waals surface area contributed by atoms with Gasteiger partial charge in [0.2, 0.25) is 0 Å². The summed E-state index contributed by atoms with van der Waals surface area (Å²) in [4.78, 5) is 10.9. The van der Waals surface area contributed by atoms with E-state index in [9.17, 15) is 4.79 Å². The van der Waals surface area contributed by atoms with Crippen LogP contribution in [0.25, 0.3) is 5.65 Å². The Morgan fingerprint density at radius 3 is 2.65 bits per heavy atom. The van der Waals surface area contributed by atoms with Gasteiger partial charge in [0.25, 0.3) is 0 Å². The number of hydrogen-bond acceptors (Lipinski definition) is 3. The molecule has 0 aliphatic heterocycles. The highest BCUT2D eigenvalue weighted by Gasteiger charge is 2.16. The molecule has 0 fully saturated rings. The third kappa shape index (κ3) is 2.00. The molecule has 0 saturated heterocycles. The molecular formula is C12H15N3O2. The number of pyridine rings is 1. The fraction of sp³-hybridized carbons (Fsp3) is 0.417. The smallest absolute Gasteiger partial charge is 0.310 e. The van der Waals surface area contributed by atoms with E-state index < -0.39 is 11.9 Å². The second-order valence-corrected chi connectivity index (χ2v) is 4.46. The lowest BCUT2D eigenvalue weighted by Gasteiger charge is -2.07. The number of carboxylic acid groups (broad SMARTS) is 1. The van der Waals surface area contributed by atoms with E-state index in [1.807, 2.05) is 24.4 Å². The molecule has 0 bridgehead atoms. The van der Waals surface area contributed by atoms with Crippen LogP contribution in [0.2, 0.25) is 0 Å². The fourth-order valence-electron chi connectivity index (χ4n) is 1.73. The number of nitrogens with zero attached hydrogens (tertiary/aromatic N) is 3. The molecule has 1 atom stereocenters. The fourth-order valence-corrected chi connectivity index (χ4v) is 1.73. The lowest BCUT2D eigenvalue weighted by Crippen LogP contribution is -2.08. The molecule has 5 nitrogen and oxygen atoms in total. The first kappa shape index (κ1) is 11.6. The third-order valence-corrected chi connectivity index (χ3v) is 2.85. The molecule has 1 unspecified atom stereocenters. The van der Waals surface area contributed by atoms with Crippen LogP contribution in [-0.4, -0.2) is 25.7 Å². The maximum atomic E-state index is 10.9. The van der Waals surface area contributed by atoms with Gasteiger partial charge in [0, 0.05) is 12.1 Å². The normalized spacial score (nSPS) is 13.2. The lowest BCUT2D eigenvalue weighted by atomic mass is 10.0. The number of rotatable bonds is 3. The Bertz CT molecular complexity index is 560. The van der Waals surface area contributed by atoms with Crippen molar-refractivity contribution in [3.63, 3.8) is 0 Å². The number of hydrogen-bond donors (Lipinski definition) is 1. The molecule has 2 aromatic heterocycles. The molecule has 2 heterocycles. The van der Waals surface area contributed by atoms with Crippen LogP contribution in [0.15, 0.2) is 18.3 Å². The molecule has 90 valence electrons. The zero-order valence-electron chi connectivity index (χ0n) is 10.1. The van der Waals surface area contributed by atoms with Crippen molar-refractivity contribution in [3.05, 3.63) is 29.7 Å². The molecule has 2 aromatic rings. The lowest BCUT2D eigenvalue weighted by molar-refractivity contribution is -0.138. The summed E-state index contributed by atoms with van der Waals surface area (Å²) < 4.78 is 1.89. The van der Waals surface area contributed by atoms with Gasteiger partial charge in [0.1, 0.15) is 5.82 Å². The summed E-state index contributed by atoms with van der Waals surface area (Å²) in [6.07, 6.45) is 1.83. The SMILES string of the molecule is CC(C)c1nnc2cc(C(C)C(=O)O)ccn12. The van der Waals surface area contributed by atoms with Crippen LogP contribution < -0.4 is 0 Å². The molecule has 0 aromatic carbocycles. The van der Waals surface area contributed by atoms with Crippen LogP contribution in [0, 0.1) is 0 Å². The van der Waals surface area contributed by atoms with Gasteiger partial charge < -0.3 is 5.11 Å². The minimum absolute atomic E-state index is 0.285. The second-order valence-electron chi connectivity index (χ2n) is 4.46. The van der Waals surface area contributed by atoms with Gasteiger partial charge in [-0.05, 0) is 24.6 Å². The Labute approximate surface area is 99.1 Å². The molecule has 0 spiro atoms. The van der Waals surface area contributed by atoms with E-state index in [0.29, 0.717) is 5.65 Å². The highest BCUT2D eigenvalue weighted by atomic mass is 16.4. The molecule has 0 radical (unpaired) electrons. The predicted molar refractivity (Wildman–Crippen MR) is 63.1 cm³/mol. The molecule has 0 aliphatic carbocycles. The summed E-state index contributed by atoms with van der Waals surface area (Å²) >= 11 is 0. The topological polar surface area (TPSA) is 67.5 Å². The Morgan fingerprint density at radius 2 is 2.06 bits per heavy atom. The largest absolute Gasteiger partial charge is 0.481 e. The van der Waals surface area contributed by atoms with Crippen molar-refractivity contribution < 1.29 is 9.90 Å². The van der Waals surface area contributed by atoms with E-state index in [4.69, 9.17) is 5.11 Å². The quantitative estimate of drug-likeness (QED) is 0.880. The van der Waals surface area contributed by atoms with Crippen LogP contribution in [0.3, 0.4) is 0 Å². The second kappa shape index (κ2) is 4.16. The van der Waals surface area contributed by atoms with Crippen molar-refractivity contribution in [1.29, 1.82) is 0 Å². The summed E-state index contributed by atoms with van der Waals surface area (Å²) in [5.41, 5.74) is 1.44. The van der Waals surface area contributed by atoms with Crippen molar-refractivity contribution in [2.75, 3.05) is 0 Å². The molecule has 2 rings (SSSR count). The van der Waals surface area contributed by atoms with E-state index in [2.05, 4.69) is 10.2 Å². The maximum absolute atomic E-state index is 10.9. The van der Waals surface area contributed by atoms with Crippen molar-refractivity contribution in [2.24, 2.45) is 0 Å². The Balaban J connectivity index is 2.49. The minimum atomic E-state index is -0.835. The first-order valence-corrected chi connectivity index (χ1v) is 5.58. The van der Waals surface area contributed by atoms with E-state index in [0.717, 1.165) is 11.4 Å². The Kier molecular flexibility index (Phi) is 2.83. The molecule has 5 heteroatoms. The summed E-state index contributed by atoms with van der Waals surface area (Å²) in [6.45, 7) is 5.75. The molecule has 0 amide bonds. The first-order chi connectivity index (χ1) is 8.00. The van der Waals surface area contributed by atoms with Crippen molar-refractivity contribution in [1.82, 2.24) is 14.6 Å².